The molecule has 0 aromatic heterocycles. The summed E-state index contributed by atoms with van der Waals surface area (Å²) in [6.07, 6.45) is -4.87. The van der Waals surface area contributed by atoms with E-state index in [0.29, 0.717) is 5.56 Å². The van der Waals surface area contributed by atoms with Gasteiger partial charge in [-0.25, -0.2) is 12.8 Å². The predicted octanol–water partition coefficient (Wildman–Crippen LogP) is 5.13. The number of hydrogen-bond acceptors (Lipinski definition) is 3. The van der Waals surface area contributed by atoms with Gasteiger partial charge < -0.3 is 5.32 Å². The topological polar surface area (TPSA) is 75.3 Å². The van der Waals surface area contributed by atoms with Gasteiger partial charge >= 0.3 is 6.18 Å². The molecule has 0 bridgehead atoms. The van der Waals surface area contributed by atoms with Gasteiger partial charge in [0.15, 0.2) is 0 Å². The van der Waals surface area contributed by atoms with Crippen molar-refractivity contribution in [1.29, 1.82) is 0 Å². The van der Waals surface area contributed by atoms with Gasteiger partial charge in [0.2, 0.25) is 5.91 Å². The molecular formula is C22H18F4N2O3S. The summed E-state index contributed by atoms with van der Waals surface area (Å²) in [6, 6.07) is 13.7. The molecule has 32 heavy (non-hydrogen) atoms. The molecule has 0 aliphatic heterocycles. The molecule has 0 atom stereocenters. The second-order valence-electron chi connectivity index (χ2n) is 6.99. The van der Waals surface area contributed by atoms with Crippen molar-refractivity contribution < 1.29 is 30.8 Å². The Hall–Kier alpha value is -3.40. The highest BCUT2D eigenvalue weighted by Gasteiger charge is 2.30. The lowest BCUT2D eigenvalue weighted by molar-refractivity contribution is -0.137. The first-order valence-corrected chi connectivity index (χ1v) is 10.8. The lowest BCUT2D eigenvalue weighted by Crippen LogP contribution is -2.18. The number of hydrogen-bond donors (Lipinski definition) is 2. The van der Waals surface area contributed by atoms with E-state index >= 15 is 0 Å². The van der Waals surface area contributed by atoms with E-state index in [0.717, 1.165) is 18.2 Å². The first-order chi connectivity index (χ1) is 15.0. The maximum atomic E-state index is 13.8. The lowest BCUT2D eigenvalue weighted by atomic mass is 10.1. The molecule has 5 nitrogen and oxygen atoms in total. The molecule has 0 aliphatic rings. The van der Waals surface area contributed by atoms with E-state index in [9.17, 15) is 30.8 Å². The van der Waals surface area contributed by atoms with Crippen LogP contribution in [-0.2, 0) is 27.4 Å². The fourth-order valence-electron chi connectivity index (χ4n) is 2.96. The summed E-state index contributed by atoms with van der Waals surface area (Å²) in [6.45, 7) is 1.53. The maximum Gasteiger partial charge on any atom is 0.416 e. The van der Waals surface area contributed by atoms with Crippen molar-refractivity contribution in [2.45, 2.75) is 24.4 Å². The molecule has 3 aromatic rings. The van der Waals surface area contributed by atoms with E-state index in [1.807, 2.05) is 0 Å². The van der Waals surface area contributed by atoms with E-state index < -0.39 is 33.5 Å². The first-order valence-electron chi connectivity index (χ1n) is 9.30. The fraction of sp³-hybridized carbons (Fsp3) is 0.136. The minimum Gasteiger partial charge on any atom is -0.326 e. The second-order valence-corrected chi connectivity index (χ2v) is 8.64. The van der Waals surface area contributed by atoms with Gasteiger partial charge in [0, 0.05) is 5.69 Å². The molecule has 168 valence electrons. The van der Waals surface area contributed by atoms with Gasteiger partial charge in [-0.15, -0.1) is 0 Å². The van der Waals surface area contributed by atoms with Gasteiger partial charge in [-0.3, -0.25) is 9.52 Å². The van der Waals surface area contributed by atoms with Crippen LogP contribution in [0.3, 0.4) is 0 Å². The van der Waals surface area contributed by atoms with Crippen LogP contribution < -0.4 is 10.0 Å². The zero-order valence-electron chi connectivity index (χ0n) is 16.7. The smallest absolute Gasteiger partial charge is 0.326 e. The van der Waals surface area contributed by atoms with Crippen molar-refractivity contribution in [2.24, 2.45) is 0 Å². The third-order valence-corrected chi connectivity index (χ3v) is 6.01. The number of nitrogens with one attached hydrogen (secondary N) is 2. The molecule has 10 heteroatoms. The zero-order valence-corrected chi connectivity index (χ0v) is 17.5. The van der Waals surface area contributed by atoms with E-state index in [4.69, 9.17) is 0 Å². The molecule has 3 rings (SSSR count). The van der Waals surface area contributed by atoms with E-state index in [1.165, 1.54) is 55.5 Å². The molecular weight excluding hydrogens is 448 g/mol. The summed E-state index contributed by atoms with van der Waals surface area (Å²) >= 11 is 0. The van der Waals surface area contributed by atoms with Crippen LogP contribution >= 0.6 is 0 Å². The standard InChI is InChI=1S/C22H18F4N2O3S/c1-14-9-10-17(13-20(14)32(30,31)28-19-8-3-2-7-18(19)23)27-21(29)12-15-5-4-6-16(11-15)22(24,25)26/h2-11,13,28H,12H2,1H3,(H,27,29). The average Bonchev–Trinajstić information content (AvgIpc) is 2.70. The molecule has 0 fully saturated rings. The quantitative estimate of drug-likeness (QED) is 0.495. The first kappa shape index (κ1) is 23.3. The summed E-state index contributed by atoms with van der Waals surface area (Å²) in [5.74, 6) is -1.38. The van der Waals surface area contributed by atoms with Crippen LogP contribution in [0.25, 0.3) is 0 Å². The maximum absolute atomic E-state index is 13.8. The van der Waals surface area contributed by atoms with Gasteiger partial charge in [-0.2, -0.15) is 13.2 Å². The van der Waals surface area contributed by atoms with Crippen LogP contribution in [0.1, 0.15) is 16.7 Å². The van der Waals surface area contributed by atoms with Crippen LogP contribution in [0.4, 0.5) is 28.9 Å². The summed E-state index contributed by atoms with van der Waals surface area (Å²) in [4.78, 5) is 12.1. The fourth-order valence-corrected chi connectivity index (χ4v) is 4.30. The monoisotopic (exact) mass is 466 g/mol. The summed E-state index contributed by atoms with van der Waals surface area (Å²) in [5.41, 5.74) is -0.471. The Bertz CT molecular complexity index is 1260. The van der Waals surface area contributed by atoms with Gasteiger partial charge in [-0.05, 0) is 48.4 Å². The Morgan fingerprint density at radius 3 is 2.38 bits per heavy atom. The number of carbonyl (C=O) groups excluding carboxylic acids is 1. The third-order valence-electron chi connectivity index (χ3n) is 4.50. The Kier molecular flexibility index (Phi) is 6.54. The van der Waals surface area contributed by atoms with Crippen LogP contribution in [0.15, 0.2) is 71.6 Å². The molecule has 0 saturated heterocycles. The van der Waals surface area contributed by atoms with Crippen molar-refractivity contribution in [3.8, 4) is 0 Å². The highest BCUT2D eigenvalue weighted by atomic mass is 32.2. The number of anilines is 2. The average molecular weight is 466 g/mol. The van der Waals surface area contributed by atoms with Crippen LogP contribution in [0, 0.1) is 12.7 Å². The van der Waals surface area contributed by atoms with Crippen molar-refractivity contribution >= 4 is 27.3 Å². The van der Waals surface area contributed by atoms with Gasteiger partial charge in [0.05, 0.1) is 22.6 Å². The van der Waals surface area contributed by atoms with Crippen LogP contribution in [0.2, 0.25) is 0 Å². The number of halogens is 4. The zero-order chi connectivity index (χ0) is 23.5. The number of aryl methyl sites for hydroxylation is 1. The minimum atomic E-state index is -4.53. The highest BCUT2D eigenvalue weighted by Crippen LogP contribution is 2.30. The summed E-state index contributed by atoms with van der Waals surface area (Å²) in [5, 5.41) is 2.48. The number of para-hydroxylation sites is 1. The second kappa shape index (κ2) is 8.99. The number of sulfonamides is 1. The van der Waals surface area contributed by atoms with Gasteiger partial charge in [0.1, 0.15) is 5.82 Å². The molecule has 0 radical (unpaired) electrons. The van der Waals surface area contributed by atoms with Gasteiger partial charge in [-0.1, -0.05) is 36.4 Å². The molecule has 0 unspecified atom stereocenters. The Balaban J connectivity index is 1.78. The minimum absolute atomic E-state index is 0.126. The van der Waals surface area contributed by atoms with Crippen molar-refractivity contribution in [3.05, 3.63) is 89.2 Å². The third kappa shape index (κ3) is 5.64. The number of rotatable bonds is 6. The number of amides is 1. The normalized spacial score (nSPS) is 11.8. The molecule has 0 spiro atoms. The number of alkyl halides is 3. The molecule has 2 N–H and O–H groups in total. The predicted molar refractivity (Wildman–Crippen MR) is 112 cm³/mol. The molecule has 0 saturated carbocycles. The lowest BCUT2D eigenvalue weighted by Gasteiger charge is -2.13. The molecule has 3 aromatic carbocycles. The van der Waals surface area contributed by atoms with Crippen molar-refractivity contribution in [3.63, 3.8) is 0 Å². The summed E-state index contributed by atoms with van der Waals surface area (Å²) in [7, 11) is -4.17. The van der Waals surface area contributed by atoms with Crippen LogP contribution in [0.5, 0.6) is 0 Å². The number of carbonyl (C=O) groups is 1. The van der Waals surface area contributed by atoms with E-state index in [-0.39, 0.29) is 28.3 Å². The van der Waals surface area contributed by atoms with Crippen LogP contribution in [-0.4, -0.2) is 14.3 Å². The highest BCUT2D eigenvalue weighted by molar-refractivity contribution is 7.92. The number of benzene rings is 3. The van der Waals surface area contributed by atoms with E-state index in [1.54, 1.807) is 0 Å². The van der Waals surface area contributed by atoms with Gasteiger partial charge in [0.25, 0.3) is 10.0 Å². The van der Waals surface area contributed by atoms with Crippen molar-refractivity contribution in [1.82, 2.24) is 0 Å². The Labute approximate surface area is 182 Å². The Morgan fingerprint density at radius 1 is 0.969 bits per heavy atom. The van der Waals surface area contributed by atoms with E-state index in [2.05, 4.69) is 10.0 Å². The SMILES string of the molecule is Cc1ccc(NC(=O)Cc2cccc(C(F)(F)F)c2)cc1S(=O)(=O)Nc1ccccc1F. The molecule has 0 aliphatic carbocycles. The Morgan fingerprint density at radius 2 is 1.69 bits per heavy atom. The molecule has 0 heterocycles. The largest absolute Gasteiger partial charge is 0.416 e. The van der Waals surface area contributed by atoms with Crippen molar-refractivity contribution in [2.75, 3.05) is 10.0 Å². The summed E-state index contributed by atoms with van der Waals surface area (Å²) < 4.78 is 80.0. The molecule has 1 amide bonds.